The van der Waals surface area contributed by atoms with Crippen molar-refractivity contribution in [3.05, 3.63) is 95.6 Å². The zero-order valence-electron chi connectivity index (χ0n) is 16.4. The molecule has 29 heavy (non-hydrogen) atoms. The number of hydrogen-bond donors (Lipinski definition) is 0. The fourth-order valence-corrected chi connectivity index (χ4v) is 3.12. The summed E-state index contributed by atoms with van der Waals surface area (Å²) in [7, 11) is 2.56. The first-order valence-electron chi connectivity index (χ1n) is 9.18. The largest absolute Gasteiger partial charge is 0.465 e. The molecular formula is C23H22N2O4. The Hall–Kier alpha value is -3.67. The summed E-state index contributed by atoms with van der Waals surface area (Å²) in [6, 6.07) is 13.6. The van der Waals surface area contributed by atoms with Gasteiger partial charge in [0.2, 0.25) is 0 Å². The minimum Gasteiger partial charge on any atom is -0.465 e. The standard InChI is InChI=1S/C23H22N2O4/c1-28-22(26)19-11-6-8-16-25(21(19)23(27)29-2)20-12-4-3-9-17(20)13-14-18-10-5-7-15-24-18/h3-12,15-16H,13-14H2,1-2H3. The SMILES string of the molecule is COC(=O)C1=C(C(=O)OC)N(c2ccccc2CCc2ccccn2)C=CC=C1. The van der Waals surface area contributed by atoms with Gasteiger partial charge in [-0.1, -0.05) is 30.3 Å². The lowest BCUT2D eigenvalue weighted by atomic mass is 10.0. The van der Waals surface area contributed by atoms with Gasteiger partial charge in [0.05, 0.1) is 19.8 Å². The average Bonchev–Trinajstić information content (AvgIpc) is 3.00. The van der Waals surface area contributed by atoms with Gasteiger partial charge in [0, 0.05) is 23.8 Å². The molecule has 0 fully saturated rings. The zero-order chi connectivity index (χ0) is 20.6. The number of esters is 2. The highest BCUT2D eigenvalue weighted by molar-refractivity contribution is 6.05. The van der Waals surface area contributed by atoms with Crippen molar-refractivity contribution < 1.29 is 19.1 Å². The van der Waals surface area contributed by atoms with Gasteiger partial charge in [0.25, 0.3) is 0 Å². The fourth-order valence-electron chi connectivity index (χ4n) is 3.12. The number of allylic oxidation sites excluding steroid dienone is 2. The fraction of sp³-hybridized carbons (Fsp3) is 0.174. The number of methoxy groups -OCH3 is 2. The molecule has 0 saturated heterocycles. The molecule has 1 aromatic carbocycles. The van der Waals surface area contributed by atoms with Gasteiger partial charge in [-0.05, 0) is 48.8 Å². The number of aromatic nitrogens is 1. The maximum Gasteiger partial charge on any atom is 0.355 e. The third kappa shape index (κ3) is 4.60. The summed E-state index contributed by atoms with van der Waals surface area (Å²) in [6.45, 7) is 0. The predicted molar refractivity (Wildman–Crippen MR) is 110 cm³/mol. The topological polar surface area (TPSA) is 68.7 Å². The maximum atomic E-state index is 12.6. The van der Waals surface area contributed by atoms with Gasteiger partial charge in [-0.3, -0.25) is 4.98 Å². The zero-order valence-corrected chi connectivity index (χ0v) is 16.4. The van der Waals surface area contributed by atoms with E-state index in [1.54, 1.807) is 35.5 Å². The molecular weight excluding hydrogens is 368 g/mol. The molecule has 0 bridgehead atoms. The molecule has 0 unspecified atom stereocenters. The van der Waals surface area contributed by atoms with Crippen LogP contribution in [0, 0.1) is 0 Å². The normalized spacial score (nSPS) is 13.2. The van der Waals surface area contributed by atoms with Gasteiger partial charge in [0.1, 0.15) is 5.70 Å². The first-order valence-corrected chi connectivity index (χ1v) is 9.18. The molecule has 0 aliphatic carbocycles. The van der Waals surface area contributed by atoms with Crippen molar-refractivity contribution in [1.29, 1.82) is 0 Å². The number of rotatable bonds is 6. The minimum atomic E-state index is -0.624. The molecule has 0 N–H and O–H groups in total. The van der Waals surface area contributed by atoms with E-state index in [4.69, 9.17) is 9.47 Å². The lowest BCUT2D eigenvalue weighted by Gasteiger charge is -2.25. The number of carbonyl (C=O) groups excluding carboxylic acids is 2. The van der Waals surface area contributed by atoms with Gasteiger partial charge in [-0.2, -0.15) is 0 Å². The van der Waals surface area contributed by atoms with E-state index in [2.05, 4.69) is 4.98 Å². The molecule has 6 nitrogen and oxygen atoms in total. The third-order valence-corrected chi connectivity index (χ3v) is 4.52. The van der Waals surface area contributed by atoms with Crippen molar-refractivity contribution in [2.45, 2.75) is 12.8 Å². The van der Waals surface area contributed by atoms with Crippen LogP contribution in [0.2, 0.25) is 0 Å². The summed E-state index contributed by atoms with van der Waals surface area (Å²) in [5.41, 5.74) is 3.01. The van der Waals surface area contributed by atoms with Crippen LogP contribution in [0.15, 0.2) is 84.4 Å². The molecule has 1 aromatic heterocycles. The van der Waals surface area contributed by atoms with E-state index in [1.165, 1.54) is 14.2 Å². The van der Waals surface area contributed by atoms with Crippen LogP contribution >= 0.6 is 0 Å². The van der Waals surface area contributed by atoms with Gasteiger partial charge in [0.15, 0.2) is 0 Å². The van der Waals surface area contributed by atoms with Crippen molar-refractivity contribution >= 4 is 17.6 Å². The molecule has 0 saturated carbocycles. The lowest BCUT2D eigenvalue weighted by molar-refractivity contribution is -0.139. The van der Waals surface area contributed by atoms with E-state index in [9.17, 15) is 9.59 Å². The molecule has 148 valence electrons. The van der Waals surface area contributed by atoms with E-state index in [-0.39, 0.29) is 11.3 Å². The number of pyridine rings is 1. The summed E-state index contributed by atoms with van der Waals surface area (Å²) in [6.07, 6.45) is 9.95. The Morgan fingerprint density at radius 1 is 0.931 bits per heavy atom. The molecule has 0 radical (unpaired) electrons. The van der Waals surface area contributed by atoms with Crippen molar-refractivity contribution in [1.82, 2.24) is 4.98 Å². The van der Waals surface area contributed by atoms with E-state index >= 15 is 0 Å². The molecule has 1 aliphatic rings. The van der Waals surface area contributed by atoms with Crippen molar-refractivity contribution in [2.75, 3.05) is 19.1 Å². The maximum absolute atomic E-state index is 12.6. The van der Waals surface area contributed by atoms with Crippen LogP contribution < -0.4 is 4.90 Å². The Morgan fingerprint density at radius 2 is 1.69 bits per heavy atom. The molecule has 2 aromatic rings. The number of anilines is 1. The van der Waals surface area contributed by atoms with Crippen LogP contribution in [0.25, 0.3) is 0 Å². The van der Waals surface area contributed by atoms with Crippen LogP contribution in [0.4, 0.5) is 5.69 Å². The summed E-state index contributed by atoms with van der Waals surface area (Å²) in [5, 5.41) is 0. The Balaban J connectivity index is 2.03. The molecule has 1 aliphatic heterocycles. The van der Waals surface area contributed by atoms with Gasteiger partial charge < -0.3 is 14.4 Å². The highest BCUT2D eigenvalue weighted by Crippen LogP contribution is 2.30. The Morgan fingerprint density at radius 3 is 2.41 bits per heavy atom. The molecule has 0 spiro atoms. The Kier molecular flexibility index (Phi) is 6.58. The summed E-state index contributed by atoms with van der Waals surface area (Å²) in [5.74, 6) is -1.23. The van der Waals surface area contributed by atoms with Crippen molar-refractivity contribution in [3.8, 4) is 0 Å². The highest BCUT2D eigenvalue weighted by Gasteiger charge is 2.28. The Labute approximate surface area is 169 Å². The summed E-state index contributed by atoms with van der Waals surface area (Å²) in [4.78, 5) is 31.0. The monoisotopic (exact) mass is 390 g/mol. The molecule has 0 atom stereocenters. The molecule has 0 amide bonds. The van der Waals surface area contributed by atoms with Crippen molar-refractivity contribution in [2.24, 2.45) is 0 Å². The Bertz CT molecular complexity index is 977. The van der Waals surface area contributed by atoms with Crippen LogP contribution in [-0.2, 0) is 31.9 Å². The lowest BCUT2D eigenvalue weighted by Crippen LogP contribution is -2.27. The van der Waals surface area contributed by atoms with E-state index in [1.807, 2.05) is 42.5 Å². The quantitative estimate of drug-likeness (QED) is 0.705. The van der Waals surface area contributed by atoms with Crippen LogP contribution in [-0.4, -0.2) is 31.1 Å². The number of nitrogens with zero attached hydrogens (tertiary/aromatic N) is 2. The first kappa shape index (κ1) is 20.1. The number of benzene rings is 1. The van der Waals surface area contributed by atoms with Crippen LogP contribution in [0.1, 0.15) is 11.3 Å². The number of ether oxygens (including phenoxy) is 2. The number of para-hydroxylation sites is 1. The highest BCUT2D eigenvalue weighted by atomic mass is 16.5. The molecule has 2 heterocycles. The third-order valence-electron chi connectivity index (χ3n) is 4.52. The van der Waals surface area contributed by atoms with Gasteiger partial charge in [-0.25, -0.2) is 9.59 Å². The first-order chi connectivity index (χ1) is 14.2. The summed E-state index contributed by atoms with van der Waals surface area (Å²) >= 11 is 0. The van der Waals surface area contributed by atoms with Crippen LogP contribution in [0.5, 0.6) is 0 Å². The number of aryl methyl sites for hydroxylation is 2. The summed E-state index contributed by atoms with van der Waals surface area (Å²) < 4.78 is 9.84. The van der Waals surface area contributed by atoms with E-state index in [0.29, 0.717) is 6.42 Å². The predicted octanol–water partition coefficient (Wildman–Crippen LogP) is 3.36. The van der Waals surface area contributed by atoms with Gasteiger partial charge in [-0.15, -0.1) is 0 Å². The number of carbonyl (C=O) groups is 2. The van der Waals surface area contributed by atoms with Crippen molar-refractivity contribution in [3.63, 3.8) is 0 Å². The minimum absolute atomic E-state index is 0.106. The number of hydrogen-bond acceptors (Lipinski definition) is 6. The van der Waals surface area contributed by atoms with Crippen LogP contribution in [0.3, 0.4) is 0 Å². The second kappa shape index (κ2) is 9.50. The average molecular weight is 390 g/mol. The molecule has 6 heteroatoms. The molecule has 3 rings (SSSR count). The van der Waals surface area contributed by atoms with E-state index in [0.717, 1.165) is 23.4 Å². The second-order valence-electron chi connectivity index (χ2n) is 6.27. The second-order valence-corrected chi connectivity index (χ2v) is 6.27. The smallest absolute Gasteiger partial charge is 0.355 e. The van der Waals surface area contributed by atoms with E-state index < -0.39 is 11.9 Å². The van der Waals surface area contributed by atoms with Gasteiger partial charge >= 0.3 is 11.9 Å².